The van der Waals surface area contributed by atoms with Crippen LogP contribution in [-0.2, 0) is 20.5 Å². The third-order valence-corrected chi connectivity index (χ3v) is 4.73. The van der Waals surface area contributed by atoms with Crippen LogP contribution in [0.4, 0.5) is 13.2 Å². The number of carbonyl (C=O) groups excluding carboxylic acids is 1. The van der Waals surface area contributed by atoms with E-state index in [0.717, 1.165) is 0 Å². The molecular formula is C17H23F3N2O3S. The molecule has 0 saturated heterocycles. The lowest BCUT2D eigenvalue weighted by Crippen LogP contribution is -2.30. The smallest absolute Gasteiger partial charge is 0.392 e. The highest BCUT2D eigenvalue weighted by molar-refractivity contribution is 7.85. The fourth-order valence-electron chi connectivity index (χ4n) is 1.92. The van der Waals surface area contributed by atoms with Crippen molar-refractivity contribution in [2.45, 2.75) is 51.5 Å². The van der Waals surface area contributed by atoms with Gasteiger partial charge in [-0.15, -0.1) is 0 Å². The van der Waals surface area contributed by atoms with E-state index in [0.29, 0.717) is 0 Å². The van der Waals surface area contributed by atoms with Gasteiger partial charge in [0.1, 0.15) is 11.0 Å². The average Bonchev–Trinajstić information content (AvgIpc) is 2.52. The van der Waals surface area contributed by atoms with Gasteiger partial charge in [-0.05, 0) is 39.8 Å². The molecule has 1 heterocycles. The summed E-state index contributed by atoms with van der Waals surface area (Å²) in [7, 11) is -1.76. The Morgan fingerprint density at radius 2 is 1.92 bits per heavy atom. The van der Waals surface area contributed by atoms with Crippen LogP contribution in [0.15, 0.2) is 28.8 Å². The number of ether oxygens (including phenoxy) is 1. The molecule has 1 aromatic heterocycles. The molecule has 0 bridgehead atoms. The fraction of sp³-hybridized carbons (Fsp3) is 0.588. The monoisotopic (exact) mass is 392 g/mol. The highest BCUT2D eigenvalue weighted by Crippen LogP contribution is 2.33. The minimum absolute atomic E-state index is 0.00135. The molecule has 0 aliphatic heterocycles. The van der Waals surface area contributed by atoms with Gasteiger partial charge in [0.15, 0.2) is 0 Å². The van der Waals surface area contributed by atoms with Crippen LogP contribution >= 0.6 is 0 Å². The topological polar surface area (TPSA) is 68.6 Å². The van der Waals surface area contributed by atoms with Gasteiger partial charge in [0.25, 0.3) is 0 Å². The molecule has 0 spiro atoms. The molecule has 0 amide bonds. The Labute approximate surface area is 153 Å². The summed E-state index contributed by atoms with van der Waals surface area (Å²) in [6.45, 7) is 6.53. The molecule has 146 valence electrons. The van der Waals surface area contributed by atoms with Gasteiger partial charge in [0.2, 0.25) is 0 Å². The number of carbonyl (C=O) groups is 1. The van der Waals surface area contributed by atoms with Gasteiger partial charge in [-0.1, -0.05) is 6.07 Å². The van der Waals surface area contributed by atoms with Crippen molar-refractivity contribution >= 4 is 22.7 Å². The van der Waals surface area contributed by atoms with Gasteiger partial charge in [0.05, 0.1) is 35.1 Å². The molecule has 0 saturated carbocycles. The van der Waals surface area contributed by atoms with E-state index in [9.17, 15) is 22.2 Å². The van der Waals surface area contributed by atoms with Crippen LogP contribution in [0.1, 0.15) is 46.2 Å². The van der Waals surface area contributed by atoms with Crippen molar-refractivity contribution in [3.8, 4) is 0 Å². The molecule has 0 N–H and O–H groups in total. The summed E-state index contributed by atoms with van der Waals surface area (Å²) < 4.78 is 60.4. The predicted molar refractivity (Wildman–Crippen MR) is 94.1 cm³/mol. The zero-order valence-corrected chi connectivity index (χ0v) is 16.0. The predicted octanol–water partition coefficient (Wildman–Crippen LogP) is 3.85. The zero-order chi connectivity index (χ0) is 20.0. The van der Waals surface area contributed by atoms with Crippen LogP contribution in [0.5, 0.6) is 0 Å². The maximum absolute atomic E-state index is 13.4. The van der Waals surface area contributed by atoms with E-state index in [1.54, 1.807) is 32.9 Å². The third-order valence-electron chi connectivity index (χ3n) is 3.30. The van der Waals surface area contributed by atoms with Crippen molar-refractivity contribution < 1.29 is 26.9 Å². The van der Waals surface area contributed by atoms with Crippen LogP contribution in [0, 0.1) is 5.92 Å². The summed E-state index contributed by atoms with van der Waals surface area (Å²) in [5.41, 5.74) is 0.147. The van der Waals surface area contributed by atoms with Crippen LogP contribution < -0.4 is 0 Å². The normalized spacial score (nSPS) is 15.4. The summed E-state index contributed by atoms with van der Waals surface area (Å²) in [6.07, 6.45) is -4.66. The molecular weight excluding hydrogens is 369 g/mol. The minimum Gasteiger partial charge on any atom is -0.466 e. The highest BCUT2D eigenvalue weighted by atomic mass is 32.2. The van der Waals surface area contributed by atoms with E-state index in [1.165, 1.54) is 19.2 Å². The molecule has 0 aliphatic carbocycles. The lowest BCUT2D eigenvalue weighted by molar-refractivity contribution is -0.182. The molecule has 0 radical (unpaired) electrons. The highest BCUT2D eigenvalue weighted by Gasteiger charge is 2.42. The van der Waals surface area contributed by atoms with Crippen molar-refractivity contribution in [2.75, 3.05) is 6.61 Å². The minimum atomic E-state index is -4.63. The van der Waals surface area contributed by atoms with Crippen LogP contribution in [0.2, 0.25) is 0 Å². The molecule has 1 rings (SSSR count). The van der Waals surface area contributed by atoms with Gasteiger partial charge < -0.3 is 4.74 Å². The van der Waals surface area contributed by atoms with E-state index in [1.807, 2.05) is 0 Å². The molecule has 2 atom stereocenters. The molecule has 0 aliphatic rings. The second-order valence-electron chi connectivity index (χ2n) is 6.57. The van der Waals surface area contributed by atoms with Crippen molar-refractivity contribution in [3.63, 3.8) is 0 Å². The quantitative estimate of drug-likeness (QED) is 0.522. The number of alkyl halides is 3. The molecule has 1 aromatic rings. The number of hydrogen-bond donors (Lipinski definition) is 0. The Morgan fingerprint density at radius 3 is 2.38 bits per heavy atom. The summed E-state index contributed by atoms with van der Waals surface area (Å²) in [4.78, 5) is 15.6. The first kappa shape index (κ1) is 22.3. The lowest BCUT2D eigenvalue weighted by atomic mass is 9.96. The number of nitrogens with zero attached hydrogens (tertiary/aromatic N) is 2. The van der Waals surface area contributed by atoms with Crippen LogP contribution in [0.25, 0.3) is 0 Å². The molecule has 1 unspecified atom stereocenters. The van der Waals surface area contributed by atoms with E-state index in [-0.39, 0.29) is 18.0 Å². The SMILES string of the molecule is CCOC(=O)CC(CC(=N[S@](=O)C(C)(C)C)c1ccccn1)C(F)(F)F. The van der Waals surface area contributed by atoms with Crippen LogP contribution in [0.3, 0.4) is 0 Å². The molecule has 9 heteroatoms. The maximum atomic E-state index is 13.4. The Morgan fingerprint density at radius 1 is 1.27 bits per heavy atom. The number of hydrogen-bond acceptors (Lipinski definition) is 4. The van der Waals surface area contributed by atoms with E-state index in [4.69, 9.17) is 0 Å². The van der Waals surface area contributed by atoms with E-state index < -0.39 is 46.6 Å². The lowest BCUT2D eigenvalue weighted by Gasteiger charge is -2.21. The number of pyridine rings is 1. The third kappa shape index (κ3) is 7.23. The Hall–Kier alpha value is -1.77. The van der Waals surface area contributed by atoms with Crippen LogP contribution in [-0.4, -0.2) is 38.4 Å². The maximum Gasteiger partial charge on any atom is 0.392 e. The average molecular weight is 392 g/mol. The van der Waals surface area contributed by atoms with E-state index in [2.05, 4.69) is 14.1 Å². The van der Waals surface area contributed by atoms with Crippen molar-refractivity contribution in [2.24, 2.45) is 10.3 Å². The van der Waals surface area contributed by atoms with E-state index >= 15 is 0 Å². The number of rotatable bonds is 7. The summed E-state index contributed by atoms with van der Waals surface area (Å²) in [5, 5.41) is 0. The van der Waals surface area contributed by atoms with Crippen molar-refractivity contribution in [1.82, 2.24) is 4.98 Å². The first-order valence-electron chi connectivity index (χ1n) is 8.08. The molecule has 26 heavy (non-hydrogen) atoms. The summed E-state index contributed by atoms with van der Waals surface area (Å²) >= 11 is 0. The summed E-state index contributed by atoms with van der Waals surface area (Å²) in [5.74, 6) is -2.94. The zero-order valence-electron chi connectivity index (χ0n) is 15.2. The number of halogens is 3. The standard InChI is InChI=1S/C17H23F3N2O3S/c1-5-25-15(23)11-12(17(18,19)20)10-14(13-8-6-7-9-21-13)22-26(24)16(2,3)4/h6-9,12H,5,10-11H2,1-4H3/t12?,26-/m1/s1. The van der Waals surface area contributed by atoms with Crippen molar-refractivity contribution in [1.29, 1.82) is 0 Å². The molecule has 0 aromatic carbocycles. The molecule has 5 nitrogen and oxygen atoms in total. The second kappa shape index (κ2) is 9.25. The number of aromatic nitrogens is 1. The van der Waals surface area contributed by atoms with Gasteiger partial charge in [-0.2, -0.15) is 17.6 Å². The van der Waals surface area contributed by atoms with Crippen molar-refractivity contribution in [3.05, 3.63) is 30.1 Å². The molecule has 0 fully saturated rings. The first-order chi connectivity index (χ1) is 11.9. The van der Waals surface area contributed by atoms with Gasteiger partial charge in [-0.25, -0.2) is 4.21 Å². The first-order valence-corrected chi connectivity index (χ1v) is 9.19. The Kier molecular flexibility index (Phi) is 7.92. The largest absolute Gasteiger partial charge is 0.466 e. The van der Waals surface area contributed by atoms with Gasteiger partial charge >= 0.3 is 12.1 Å². The second-order valence-corrected chi connectivity index (χ2v) is 8.47. The fourth-order valence-corrected chi connectivity index (χ4v) is 2.56. The van der Waals surface area contributed by atoms with Gasteiger partial charge in [-0.3, -0.25) is 9.78 Å². The number of esters is 1. The Bertz CT molecular complexity index is 655. The van der Waals surface area contributed by atoms with Gasteiger partial charge in [0, 0.05) is 12.6 Å². The Balaban J connectivity index is 3.22. The summed E-state index contributed by atoms with van der Waals surface area (Å²) in [6, 6.07) is 4.71.